The van der Waals surface area contributed by atoms with E-state index in [4.69, 9.17) is 9.47 Å². The SMILES string of the molecule is CCC(CNCC(C)C)N(CCOC)CCOC. The molecular weight excluding hydrogens is 228 g/mol. The molecule has 1 unspecified atom stereocenters. The molecule has 0 aliphatic rings. The van der Waals surface area contributed by atoms with Gasteiger partial charge in [0.15, 0.2) is 0 Å². The van der Waals surface area contributed by atoms with Gasteiger partial charge in [0.05, 0.1) is 13.2 Å². The Morgan fingerprint density at radius 1 is 1.00 bits per heavy atom. The Balaban J connectivity index is 4.11. The summed E-state index contributed by atoms with van der Waals surface area (Å²) in [6.07, 6.45) is 1.15. The quantitative estimate of drug-likeness (QED) is 0.578. The maximum absolute atomic E-state index is 5.19. The van der Waals surface area contributed by atoms with Gasteiger partial charge in [0.1, 0.15) is 0 Å². The first kappa shape index (κ1) is 17.8. The second kappa shape index (κ2) is 11.9. The molecule has 0 spiro atoms. The van der Waals surface area contributed by atoms with Crippen molar-refractivity contribution in [1.29, 1.82) is 0 Å². The summed E-state index contributed by atoms with van der Waals surface area (Å²) >= 11 is 0. The Labute approximate surface area is 113 Å². The van der Waals surface area contributed by atoms with Gasteiger partial charge in [-0.2, -0.15) is 0 Å². The molecule has 4 heteroatoms. The van der Waals surface area contributed by atoms with Gasteiger partial charge in [0, 0.05) is 39.9 Å². The van der Waals surface area contributed by atoms with Crippen molar-refractivity contribution in [3.63, 3.8) is 0 Å². The molecule has 0 radical (unpaired) electrons. The molecule has 0 aromatic heterocycles. The van der Waals surface area contributed by atoms with Crippen molar-refractivity contribution in [3.8, 4) is 0 Å². The summed E-state index contributed by atoms with van der Waals surface area (Å²) in [6.45, 7) is 12.4. The molecule has 0 saturated carbocycles. The summed E-state index contributed by atoms with van der Waals surface area (Å²) in [5.41, 5.74) is 0. The number of rotatable bonds is 12. The van der Waals surface area contributed by atoms with Gasteiger partial charge in [-0.15, -0.1) is 0 Å². The van der Waals surface area contributed by atoms with Crippen LogP contribution < -0.4 is 5.32 Å². The van der Waals surface area contributed by atoms with Gasteiger partial charge in [-0.05, 0) is 18.9 Å². The van der Waals surface area contributed by atoms with Crippen LogP contribution in [0.3, 0.4) is 0 Å². The minimum Gasteiger partial charge on any atom is -0.383 e. The molecule has 18 heavy (non-hydrogen) atoms. The number of hydrogen-bond donors (Lipinski definition) is 1. The fourth-order valence-corrected chi connectivity index (χ4v) is 1.96. The molecule has 0 aliphatic heterocycles. The minimum atomic E-state index is 0.564. The van der Waals surface area contributed by atoms with E-state index in [1.807, 2.05) is 0 Å². The monoisotopic (exact) mass is 260 g/mol. The van der Waals surface area contributed by atoms with Crippen molar-refractivity contribution in [2.45, 2.75) is 33.2 Å². The summed E-state index contributed by atoms with van der Waals surface area (Å²) in [7, 11) is 3.51. The van der Waals surface area contributed by atoms with Crippen molar-refractivity contribution in [2.75, 3.05) is 53.6 Å². The average molecular weight is 260 g/mol. The van der Waals surface area contributed by atoms with E-state index >= 15 is 0 Å². The van der Waals surface area contributed by atoms with Crippen LogP contribution in [-0.2, 0) is 9.47 Å². The summed E-state index contributed by atoms with van der Waals surface area (Å²) in [6, 6.07) is 0.564. The van der Waals surface area contributed by atoms with Gasteiger partial charge in [0.25, 0.3) is 0 Å². The van der Waals surface area contributed by atoms with Crippen LogP contribution in [0, 0.1) is 5.92 Å². The van der Waals surface area contributed by atoms with E-state index in [2.05, 4.69) is 31.0 Å². The molecule has 1 N–H and O–H groups in total. The zero-order valence-electron chi connectivity index (χ0n) is 12.9. The number of ether oxygens (including phenoxy) is 2. The molecule has 0 heterocycles. The highest BCUT2D eigenvalue weighted by Crippen LogP contribution is 2.04. The van der Waals surface area contributed by atoms with Gasteiger partial charge < -0.3 is 14.8 Å². The summed E-state index contributed by atoms with van der Waals surface area (Å²) < 4.78 is 10.4. The third-order valence-corrected chi connectivity index (χ3v) is 3.09. The third kappa shape index (κ3) is 8.86. The molecule has 0 bridgehead atoms. The molecule has 110 valence electrons. The van der Waals surface area contributed by atoms with E-state index in [-0.39, 0.29) is 0 Å². The maximum atomic E-state index is 5.19. The fraction of sp³-hybridized carbons (Fsp3) is 1.00. The first-order valence-electron chi connectivity index (χ1n) is 7.08. The van der Waals surface area contributed by atoms with Crippen molar-refractivity contribution < 1.29 is 9.47 Å². The zero-order valence-corrected chi connectivity index (χ0v) is 12.9. The van der Waals surface area contributed by atoms with Gasteiger partial charge in [-0.1, -0.05) is 20.8 Å². The second-order valence-electron chi connectivity index (χ2n) is 5.14. The standard InChI is InChI=1S/C14H32N2O2/c1-6-14(12-15-11-13(2)3)16(7-9-17-4)8-10-18-5/h13-15H,6-12H2,1-5H3. The zero-order chi connectivity index (χ0) is 13.8. The molecule has 0 aromatic rings. The van der Waals surface area contributed by atoms with Crippen LogP contribution in [0.4, 0.5) is 0 Å². The fourth-order valence-electron chi connectivity index (χ4n) is 1.96. The third-order valence-electron chi connectivity index (χ3n) is 3.09. The summed E-state index contributed by atoms with van der Waals surface area (Å²) in [5, 5.41) is 3.55. The molecule has 0 rings (SSSR count). The number of hydrogen-bond acceptors (Lipinski definition) is 4. The van der Waals surface area contributed by atoms with E-state index in [0.717, 1.165) is 45.8 Å². The van der Waals surface area contributed by atoms with E-state index in [1.54, 1.807) is 14.2 Å². The molecule has 0 aromatic carbocycles. The Hall–Kier alpha value is -0.160. The highest BCUT2D eigenvalue weighted by Gasteiger charge is 2.15. The predicted octanol–water partition coefficient (Wildman–Crippen LogP) is 1.61. The molecule has 0 fully saturated rings. The highest BCUT2D eigenvalue weighted by molar-refractivity contribution is 4.73. The van der Waals surface area contributed by atoms with Crippen molar-refractivity contribution in [1.82, 2.24) is 10.2 Å². The largest absolute Gasteiger partial charge is 0.383 e. The molecule has 0 aliphatic carbocycles. The molecule has 4 nitrogen and oxygen atoms in total. The van der Waals surface area contributed by atoms with Crippen molar-refractivity contribution in [2.24, 2.45) is 5.92 Å². The Morgan fingerprint density at radius 2 is 1.56 bits per heavy atom. The van der Waals surface area contributed by atoms with Crippen LogP contribution in [0.5, 0.6) is 0 Å². The van der Waals surface area contributed by atoms with Gasteiger partial charge in [-0.25, -0.2) is 0 Å². The normalized spacial score (nSPS) is 13.5. The van der Waals surface area contributed by atoms with Gasteiger partial charge in [-0.3, -0.25) is 4.90 Å². The second-order valence-corrected chi connectivity index (χ2v) is 5.14. The lowest BCUT2D eigenvalue weighted by Gasteiger charge is -2.31. The first-order chi connectivity index (χ1) is 8.65. The Kier molecular flexibility index (Phi) is 11.8. The molecule has 0 amide bonds. The van der Waals surface area contributed by atoms with Crippen LogP contribution in [0.2, 0.25) is 0 Å². The molecular formula is C14H32N2O2. The lowest BCUT2D eigenvalue weighted by molar-refractivity contribution is 0.0850. The molecule has 0 saturated heterocycles. The lowest BCUT2D eigenvalue weighted by atomic mass is 10.1. The summed E-state index contributed by atoms with van der Waals surface area (Å²) in [4.78, 5) is 2.46. The van der Waals surface area contributed by atoms with Crippen molar-refractivity contribution >= 4 is 0 Å². The number of nitrogens with one attached hydrogen (secondary N) is 1. The number of nitrogens with zero attached hydrogens (tertiary/aromatic N) is 1. The topological polar surface area (TPSA) is 33.7 Å². The van der Waals surface area contributed by atoms with E-state index in [1.165, 1.54) is 0 Å². The predicted molar refractivity (Wildman–Crippen MR) is 77.1 cm³/mol. The van der Waals surface area contributed by atoms with Crippen LogP contribution in [0.15, 0.2) is 0 Å². The smallest absolute Gasteiger partial charge is 0.0589 e. The van der Waals surface area contributed by atoms with E-state index in [0.29, 0.717) is 12.0 Å². The van der Waals surface area contributed by atoms with Crippen LogP contribution in [0.1, 0.15) is 27.2 Å². The first-order valence-corrected chi connectivity index (χ1v) is 7.08. The highest BCUT2D eigenvalue weighted by atomic mass is 16.5. The number of methoxy groups -OCH3 is 2. The van der Waals surface area contributed by atoms with Crippen LogP contribution in [-0.4, -0.2) is 64.6 Å². The Bertz CT molecular complexity index is 169. The van der Waals surface area contributed by atoms with E-state index < -0.39 is 0 Å². The van der Waals surface area contributed by atoms with E-state index in [9.17, 15) is 0 Å². The van der Waals surface area contributed by atoms with Gasteiger partial charge in [0.2, 0.25) is 0 Å². The minimum absolute atomic E-state index is 0.564. The van der Waals surface area contributed by atoms with Crippen LogP contribution >= 0.6 is 0 Å². The molecule has 1 atom stereocenters. The average Bonchev–Trinajstić information content (AvgIpc) is 2.35. The maximum Gasteiger partial charge on any atom is 0.0589 e. The Morgan fingerprint density at radius 3 is 1.94 bits per heavy atom. The van der Waals surface area contributed by atoms with Crippen molar-refractivity contribution in [3.05, 3.63) is 0 Å². The van der Waals surface area contributed by atoms with Gasteiger partial charge >= 0.3 is 0 Å². The van der Waals surface area contributed by atoms with Crippen LogP contribution in [0.25, 0.3) is 0 Å². The lowest BCUT2D eigenvalue weighted by Crippen LogP contribution is -2.45. The summed E-state index contributed by atoms with van der Waals surface area (Å²) in [5.74, 6) is 0.703.